The topological polar surface area (TPSA) is 75.7 Å². The number of nitrogens with one attached hydrogen (secondary N) is 1. The summed E-state index contributed by atoms with van der Waals surface area (Å²) in [7, 11) is -3.83. The Morgan fingerprint density at radius 2 is 1.85 bits per heavy atom. The first-order valence-corrected chi connectivity index (χ1v) is 11.2. The van der Waals surface area contributed by atoms with Crippen molar-refractivity contribution in [3.8, 4) is 0 Å². The molecule has 4 rings (SSSR count). The normalized spacial score (nSPS) is 27.4. The van der Waals surface area contributed by atoms with Crippen molar-refractivity contribution >= 4 is 21.4 Å². The quantitative estimate of drug-likeness (QED) is 0.856. The highest BCUT2D eigenvalue weighted by Crippen LogP contribution is 2.40. The third-order valence-corrected chi connectivity index (χ3v) is 7.73. The van der Waals surface area contributed by atoms with Crippen LogP contribution in [0.3, 0.4) is 0 Å². The van der Waals surface area contributed by atoms with Gasteiger partial charge in [-0.05, 0) is 24.8 Å². The summed E-state index contributed by atoms with van der Waals surface area (Å²) in [5.74, 6) is 0.0296. The van der Waals surface area contributed by atoms with Crippen LogP contribution in [0.5, 0.6) is 0 Å². The van der Waals surface area contributed by atoms with Crippen LogP contribution in [0, 0.1) is 5.92 Å². The molecule has 2 atom stereocenters. The van der Waals surface area contributed by atoms with Gasteiger partial charge in [-0.3, -0.25) is 4.79 Å². The SMILES string of the molecule is CC1CCCCC1NC1=C(C(=O)N2CCOCC2)S(=O)(=O)c2ccccc21. The molecule has 1 N–H and O–H groups in total. The predicted molar refractivity (Wildman–Crippen MR) is 103 cm³/mol. The van der Waals surface area contributed by atoms with Crippen LogP contribution in [0.2, 0.25) is 0 Å². The van der Waals surface area contributed by atoms with Crippen molar-refractivity contribution in [1.29, 1.82) is 0 Å². The van der Waals surface area contributed by atoms with E-state index >= 15 is 0 Å². The van der Waals surface area contributed by atoms with E-state index in [0.717, 1.165) is 19.3 Å². The molecule has 0 aromatic heterocycles. The summed E-state index contributed by atoms with van der Waals surface area (Å²) in [4.78, 5) is 14.9. The fourth-order valence-corrected chi connectivity index (χ4v) is 6.00. The third-order valence-electron chi connectivity index (χ3n) is 5.88. The monoisotopic (exact) mass is 390 g/mol. The van der Waals surface area contributed by atoms with Crippen molar-refractivity contribution in [2.45, 2.75) is 43.5 Å². The molecule has 1 saturated heterocycles. The minimum atomic E-state index is -3.83. The first kappa shape index (κ1) is 18.5. The van der Waals surface area contributed by atoms with Gasteiger partial charge in [0.25, 0.3) is 5.91 Å². The number of morpholine rings is 1. The van der Waals surface area contributed by atoms with Crippen LogP contribution in [-0.2, 0) is 19.4 Å². The number of carbonyl (C=O) groups excluding carboxylic acids is 1. The molecular weight excluding hydrogens is 364 g/mol. The molecule has 1 saturated carbocycles. The molecule has 7 heteroatoms. The van der Waals surface area contributed by atoms with Gasteiger partial charge in [0.05, 0.1) is 23.8 Å². The Labute approximate surface area is 160 Å². The van der Waals surface area contributed by atoms with Gasteiger partial charge in [0.1, 0.15) is 0 Å². The fourth-order valence-electron chi connectivity index (χ4n) is 4.27. The molecule has 1 aromatic rings. The van der Waals surface area contributed by atoms with Crippen LogP contribution in [0.4, 0.5) is 0 Å². The maximum absolute atomic E-state index is 13.2. The zero-order valence-electron chi connectivity index (χ0n) is 15.6. The fraction of sp³-hybridized carbons (Fsp3) is 0.550. The Balaban J connectivity index is 1.77. The number of amides is 1. The summed E-state index contributed by atoms with van der Waals surface area (Å²) in [5, 5.41) is 3.47. The first-order valence-electron chi connectivity index (χ1n) is 9.72. The van der Waals surface area contributed by atoms with Gasteiger partial charge in [0, 0.05) is 24.7 Å². The smallest absolute Gasteiger partial charge is 0.268 e. The minimum Gasteiger partial charge on any atom is -0.380 e. The molecule has 3 aliphatic rings. The van der Waals surface area contributed by atoms with E-state index in [1.54, 1.807) is 23.1 Å². The van der Waals surface area contributed by atoms with Crippen LogP contribution in [0.1, 0.15) is 38.2 Å². The van der Waals surface area contributed by atoms with Gasteiger partial charge in [-0.25, -0.2) is 8.42 Å². The van der Waals surface area contributed by atoms with Crippen LogP contribution in [-0.4, -0.2) is 51.6 Å². The lowest BCUT2D eigenvalue weighted by atomic mass is 9.85. The molecule has 1 aliphatic carbocycles. The molecule has 2 heterocycles. The maximum atomic E-state index is 13.2. The number of hydrogen-bond acceptors (Lipinski definition) is 5. The second-order valence-electron chi connectivity index (χ2n) is 7.62. The molecular formula is C20H26N2O4S. The zero-order valence-corrected chi connectivity index (χ0v) is 16.4. The number of carbonyl (C=O) groups is 1. The largest absolute Gasteiger partial charge is 0.380 e. The van der Waals surface area contributed by atoms with Crippen LogP contribution < -0.4 is 5.32 Å². The van der Waals surface area contributed by atoms with E-state index in [-0.39, 0.29) is 15.8 Å². The average molecular weight is 391 g/mol. The van der Waals surface area contributed by atoms with Crippen molar-refractivity contribution in [2.24, 2.45) is 5.92 Å². The molecule has 27 heavy (non-hydrogen) atoms. The van der Waals surface area contributed by atoms with Gasteiger partial charge in [-0.15, -0.1) is 0 Å². The first-order chi connectivity index (χ1) is 13.0. The summed E-state index contributed by atoms with van der Waals surface area (Å²) < 4.78 is 31.8. The van der Waals surface area contributed by atoms with Crippen molar-refractivity contribution in [3.05, 3.63) is 34.7 Å². The molecule has 0 radical (unpaired) electrons. The van der Waals surface area contributed by atoms with Gasteiger partial charge in [0.15, 0.2) is 4.91 Å². The lowest BCUT2D eigenvalue weighted by Gasteiger charge is -2.32. The molecule has 146 valence electrons. The number of hydrogen-bond donors (Lipinski definition) is 1. The van der Waals surface area contributed by atoms with Gasteiger partial charge >= 0.3 is 0 Å². The highest BCUT2D eigenvalue weighted by molar-refractivity contribution is 7.97. The molecule has 2 unspecified atom stereocenters. The summed E-state index contributed by atoms with van der Waals surface area (Å²) in [6.45, 7) is 3.90. The number of sulfone groups is 1. The Bertz CT molecular complexity index is 872. The molecule has 1 amide bonds. The van der Waals surface area contributed by atoms with E-state index in [1.807, 2.05) is 6.07 Å². The van der Waals surface area contributed by atoms with Crippen LogP contribution >= 0.6 is 0 Å². The predicted octanol–water partition coefficient (Wildman–Crippen LogP) is 2.17. The Kier molecular flexibility index (Phi) is 4.99. The average Bonchev–Trinajstić information content (AvgIpc) is 2.91. The van der Waals surface area contributed by atoms with Crippen molar-refractivity contribution < 1.29 is 17.9 Å². The molecule has 0 bridgehead atoms. The lowest BCUT2D eigenvalue weighted by Crippen LogP contribution is -2.43. The van der Waals surface area contributed by atoms with E-state index in [1.165, 1.54) is 6.42 Å². The number of fused-ring (bicyclic) bond motifs is 1. The molecule has 2 fully saturated rings. The van der Waals surface area contributed by atoms with Gasteiger partial charge in [-0.1, -0.05) is 38.0 Å². The summed E-state index contributed by atoms with van der Waals surface area (Å²) >= 11 is 0. The second kappa shape index (κ2) is 7.28. The van der Waals surface area contributed by atoms with E-state index in [9.17, 15) is 13.2 Å². The number of benzene rings is 1. The summed E-state index contributed by atoms with van der Waals surface area (Å²) in [5.41, 5.74) is 1.10. The summed E-state index contributed by atoms with van der Waals surface area (Å²) in [6, 6.07) is 7.10. The Hall–Kier alpha value is -1.86. The van der Waals surface area contributed by atoms with E-state index in [4.69, 9.17) is 4.74 Å². The Morgan fingerprint density at radius 3 is 2.59 bits per heavy atom. The summed E-state index contributed by atoms with van der Waals surface area (Å²) in [6.07, 6.45) is 4.43. The lowest BCUT2D eigenvalue weighted by molar-refractivity contribution is -0.130. The number of nitrogens with zero attached hydrogens (tertiary/aromatic N) is 1. The van der Waals surface area contributed by atoms with Gasteiger partial charge in [-0.2, -0.15) is 0 Å². The van der Waals surface area contributed by atoms with Crippen LogP contribution in [0.25, 0.3) is 5.70 Å². The van der Waals surface area contributed by atoms with Crippen molar-refractivity contribution in [2.75, 3.05) is 26.3 Å². The van der Waals surface area contributed by atoms with Crippen LogP contribution in [0.15, 0.2) is 34.1 Å². The molecule has 6 nitrogen and oxygen atoms in total. The highest BCUT2D eigenvalue weighted by Gasteiger charge is 2.42. The van der Waals surface area contributed by atoms with Crippen molar-refractivity contribution in [3.63, 3.8) is 0 Å². The van der Waals surface area contributed by atoms with Gasteiger partial charge in [0.2, 0.25) is 9.84 Å². The second-order valence-corrected chi connectivity index (χ2v) is 9.48. The molecule has 2 aliphatic heterocycles. The third kappa shape index (κ3) is 3.27. The highest BCUT2D eigenvalue weighted by atomic mass is 32.2. The minimum absolute atomic E-state index is 0.0941. The van der Waals surface area contributed by atoms with E-state index < -0.39 is 15.7 Å². The number of rotatable bonds is 3. The number of ether oxygens (including phenoxy) is 1. The Morgan fingerprint density at radius 1 is 1.15 bits per heavy atom. The van der Waals surface area contributed by atoms with E-state index in [0.29, 0.717) is 43.5 Å². The maximum Gasteiger partial charge on any atom is 0.268 e. The zero-order chi connectivity index (χ0) is 19.0. The van der Waals surface area contributed by atoms with E-state index in [2.05, 4.69) is 12.2 Å². The van der Waals surface area contributed by atoms with Gasteiger partial charge < -0.3 is 15.0 Å². The standard InChI is InChI=1S/C20H26N2O4S/c1-14-6-2-4-8-16(14)21-18-15-7-3-5-9-17(15)27(24,25)19(18)20(23)22-10-12-26-13-11-22/h3,5,7,9,14,16,21H,2,4,6,8,10-13H2,1H3. The van der Waals surface area contributed by atoms with Crippen molar-refractivity contribution in [1.82, 2.24) is 10.2 Å². The molecule has 1 aromatic carbocycles. The molecule has 0 spiro atoms.